The number of aromatic nitrogens is 2. The molecule has 8 aromatic rings. The fourth-order valence-corrected chi connectivity index (χ4v) is 7.88. The Morgan fingerprint density at radius 2 is 1.02 bits per heavy atom. The number of nitrogens with zero attached hydrogens (tertiary/aromatic N) is 2. The zero-order valence-electron chi connectivity index (χ0n) is 24.8. The van der Waals surface area contributed by atoms with Crippen molar-refractivity contribution in [2.24, 2.45) is 0 Å². The van der Waals surface area contributed by atoms with Crippen molar-refractivity contribution in [1.82, 2.24) is 9.97 Å². The molecule has 0 atom stereocenters. The summed E-state index contributed by atoms with van der Waals surface area (Å²) >= 11 is 0. The molecule has 2 aromatic heterocycles. The molecule has 2 heterocycles. The van der Waals surface area contributed by atoms with Crippen molar-refractivity contribution in [1.29, 1.82) is 0 Å². The van der Waals surface area contributed by atoms with E-state index in [-0.39, 0.29) is 0 Å². The number of fused-ring (bicyclic) bond motifs is 12. The molecule has 0 fully saturated rings. The second-order valence-corrected chi connectivity index (χ2v) is 12.1. The van der Waals surface area contributed by atoms with E-state index in [1.165, 1.54) is 38.9 Å². The van der Waals surface area contributed by atoms with Crippen molar-refractivity contribution in [2.45, 2.75) is 5.41 Å². The Morgan fingerprint density at radius 1 is 0.457 bits per heavy atom. The van der Waals surface area contributed by atoms with Gasteiger partial charge in [0, 0.05) is 27.6 Å². The fraction of sp³-hybridized carbons (Fsp3) is 0.0233. The van der Waals surface area contributed by atoms with Crippen LogP contribution in [0.4, 0.5) is 0 Å². The van der Waals surface area contributed by atoms with Gasteiger partial charge in [0.25, 0.3) is 0 Å². The third-order valence-corrected chi connectivity index (χ3v) is 9.70. The zero-order valence-corrected chi connectivity index (χ0v) is 24.8. The predicted molar refractivity (Wildman–Crippen MR) is 184 cm³/mol. The molecule has 46 heavy (non-hydrogen) atoms. The van der Waals surface area contributed by atoms with E-state index in [1.54, 1.807) is 0 Å². The Hall–Kier alpha value is -6.06. The molecular formula is C43H26N2O. The van der Waals surface area contributed by atoms with Crippen molar-refractivity contribution in [3.05, 3.63) is 180 Å². The second kappa shape index (κ2) is 9.47. The van der Waals surface area contributed by atoms with E-state index in [9.17, 15) is 0 Å². The van der Waals surface area contributed by atoms with Crippen molar-refractivity contribution < 1.29 is 4.42 Å². The maximum absolute atomic E-state index is 6.99. The number of hydrogen-bond donors (Lipinski definition) is 0. The van der Waals surface area contributed by atoms with Crippen LogP contribution in [0, 0.1) is 0 Å². The van der Waals surface area contributed by atoms with Crippen LogP contribution >= 0.6 is 0 Å². The largest absolute Gasteiger partial charge is 0.459 e. The van der Waals surface area contributed by atoms with Gasteiger partial charge in [-0.3, -0.25) is 0 Å². The minimum absolute atomic E-state index is 0.641. The first-order chi connectivity index (χ1) is 22.8. The summed E-state index contributed by atoms with van der Waals surface area (Å²) in [5, 5.41) is 1.13. The molecule has 0 bridgehead atoms. The molecule has 214 valence electrons. The summed E-state index contributed by atoms with van der Waals surface area (Å²) in [5.41, 5.74) is 13.7. The van der Waals surface area contributed by atoms with Crippen LogP contribution in [0.1, 0.15) is 22.5 Å². The van der Waals surface area contributed by atoms with Gasteiger partial charge in [-0.1, -0.05) is 146 Å². The Balaban J connectivity index is 1.35. The van der Waals surface area contributed by atoms with E-state index in [0.29, 0.717) is 5.82 Å². The summed E-state index contributed by atoms with van der Waals surface area (Å²) in [7, 11) is 0. The normalized spacial score (nSPS) is 13.4. The van der Waals surface area contributed by atoms with Gasteiger partial charge in [0.1, 0.15) is 16.8 Å². The van der Waals surface area contributed by atoms with Crippen LogP contribution in [0.5, 0.6) is 0 Å². The average Bonchev–Trinajstić information content (AvgIpc) is 3.76. The number of benzene rings is 6. The lowest BCUT2D eigenvalue weighted by Gasteiger charge is -2.30. The van der Waals surface area contributed by atoms with E-state index in [2.05, 4.69) is 133 Å². The minimum atomic E-state index is -0.641. The van der Waals surface area contributed by atoms with Crippen molar-refractivity contribution in [2.75, 3.05) is 0 Å². The molecule has 2 aliphatic rings. The van der Waals surface area contributed by atoms with Crippen molar-refractivity contribution in [3.8, 4) is 56.2 Å². The molecule has 0 radical (unpaired) electrons. The summed E-state index contributed by atoms with van der Waals surface area (Å²) in [6, 6.07) is 55.5. The zero-order chi connectivity index (χ0) is 30.2. The maximum Gasteiger partial charge on any atom is 0.160 e. The summed E-state index contributed by atoms with van der Waals surface area (Å²) in [6.07, 6.45) is 0. The quantitative estimate of drug-likeness (QED) is 0.207. The highest BCUT2D eigenvalue weighted by atomic mass is 16.3. The van der Waals surface area contributed by atoms with Crippen molar-refractivity contribution >= 4 is 11.0 Å². The van der Waals surface area contributed by atoms with Crippen LogP contribution in [-0.4, -0.2) is 9.97 Å². The molecule has 3 heteroatoms. The fourth-order valence-electron chi connectivity index (χ4n) is 7.88. The van der Waals surface area contributed by atoms with Gasteiger partial charge in [-0.2, -0.15) is 0 Å². The first-order valence-electron chi connectivity index (χ1n) is 15.7. The van der Waals surface area contributed by atoms with Gasteiger partial charge >= 0.3 is 0 Å². The van der Waals surface area contributed by atoms with Gasteiger partial charge < -0.3 is 4.42 Å². The lowest BCUT2D eigenvalue weighted by Crippen LogP contribution is -2.26. The van der Waals surface area contributed by atoms with Crippen LogP contribution in [0.25, 0.3) is 67.1 Å². The van der Waals surface area contributed by atoms with E-state index in [0.717, 1.165) is 44.8 Å². The first-order valence-corrected chi connectivity index (χ1v) is 15.7. The lowest BCUT2D eigenvalue weighted by molar-refractivity contribution is 0.507. The molecule has 0 aliphatic heterocycles. The Kier molecular flexibility index (Phi) is 5.20. The van der Waals surface area contributed by atoms with Crippen LogP contribution in [0.15, 0.2) is 162 Å². The van der Waals surface area contributed by atoms with E-state index >= 15 is 0 Å². The molecule has 0 saturated heterocycles. The molecule has 0 unspecified atom stereocenters. The first kappa shape index (κ1) is 25.3. The van der Waals surface area contributed by atoms with Gasteiger partial charge in [0.2, 0.25) is 0 Å². The molecule has 10 rings (SSSR count). The third-order valence-electron chi connectivity index (χ3n) is 9.70. The molecule has 1 spiro atoms. The SMILES string of the molecule is c1ccc(-c2cc(-c3cccc4c3C3(c5ccccc5-c5ccccc53)c3oc5ccccc5c3-4)nc(-c3ccccc3)n2)cc1. The monoisotopic (exact) mass is 586 g/mol. The van der Waals surface area contributed by atoms with Gasteiger partial charge in [0.05, 0.1) is 11.4 Å². The highest BCUT2D eigenvalue weighted by Gasteiger charge is 2.56. The summed E-state index contributed by atoms with van der Waals surface area (Å²) in [6.45, 7) is 0. The van der Waals surface area contributed by atoms with Gasteiger partial charge in [0.15, 0.2) is 5.82 Å². The van der Waals surface area contributed by atoms with Gasteiger partial charge in [-0.05, 0) is 45.5 Å². The Morgan fingerprint density at radius 3 is 1.76 bits per heavy atom. The van der Waals surface area contributed by atoms with E-state index in [4.69, 9.17) is 14.4 Å². The molecular weight excluding hydrogens is 560 g/mol. The summed E-state index contributed by atoms with van der Waals surface area (Å²) in [4.78, 5) is 10.4. The smallest absolute Gasteiger partial charge is 0.160 e. The van der Waals surface area contributed by atoms with E-state index < -0.39 is 5.41 Å². The van der Waals surface area contributed by atoms with Crippen LogP contribution < -0.4 is 0 Å². The van der Waals surface area contributed by atoms with Crippen molar-refractivity contribution in [3.63, 3.8) is 0 Å². The predicted octanol–water partition coefficient (Wildman–Crippen LogP) is 10.6. The molecule has 0 saturated carbocycles. The molecule has 0 N–H and O–H groups in total. The van der Waals surface area contributed by atoms with Gasteiger partial charge in [-0.15, -0.1) is 0 Å². The molecule has 6 aromatic carbocycles. The number of hydrogen-bond acceptors (Lipinski definition) is 3. The summed E-state index contributed by atoms with van der Waals surface area (Å²) in [5.74, 6) is 1.69. The molecule has 3 nitrogen and oxygen atoms in total. The molecule has 2 aliphatic carbocycles. The summed E-state index contributed by atoms with van der Waals surface area (Å²) < 4.78 is 6.99. The number of furan rings is 1. The standard InChI is InChI=1S/C43H26N2O/c1-3-14-27(15-4-1)36-26-37(45-42(44-36)28-16-5-2-6-17-28)31-21-13-22-33-39-32-20-9-12-25-38(32)46-41(39)43(40(31)33)34-23-10-7-18-29(34)30-19-8-11-24-35(30)43/h1-26H. The average molecular weight is 587 g/mol. The second-order valence-electron chi connectivity index (χ2n) is 12.1. The Bertz CT molecular complexity index is 2370. The van der Waals surface area contributed by atoms with Gasteiger partial charge in [-0.25, -0.2) is 9.97 Å². The van der Waals surface area contributed by atoms with Crippen LogP contribution in [0.3, 0.4) is 0 Å². The maximum atomic E-state index is 6.99. The third kappa shape index (κ3) is 3.32. The molecule has 0 amide bonds. The number of para-hydroxylation sites is 1. The topological polar surface area (TPSA) is 38.9 Å². The van der Waals surface area contributed by atoms with E-state index in [1.807, 2.05) is 24.3 Å². The van der Waals surface area contributed by atoms with Crippen LogP contribution in [-0.2, 0) is 5.41 Å². The lowest BCUT2D eigenvalue weighted by atomic mass is 9.71. The minimum Gasteiger partial charge on any atom is -0.459 e. The van der Waals surface area contributed by atoms with Crippen LogP contribution in [0.2, 0.25) is 0 Å². The highest BCUT2D eigenvalue weighted by molar-refractivity contribution is 6.06. The highest BCUT2D eigenvalue weighted by Crippen LogP contribution is 2.66. The Labute approximate surface area is 266 Å². The number of rotatable bonds is 3.